The number of likely N-dealkylation sites (tertiary alicyclic amines) is 1. The van der Waals surface area contributed by atoms with E-state index in [9.17, 15) is 22.4 Å². The summed E-state index contributed by atoms with van der Waals surface area (Å²) in [4.78, 5) is 12.2. The van der Waals surface area contributed by atoms with Crippen molar-refractivity contribution in [3.63, 3.8) is 0 Å². The number of alkyl halides is 4. The van der Waals surface area contributed by atoms with Crippen LogP contribution < -0.4 is 0 Å². The number of halogens is 4. The summed E-state index contributed by atoms with van der Waals surface area (Å²) in [5.74, 6) is -3.99. The molecule has 1 aliphatic heterocycles. The van der Waals surface area contributed by atoms with Crippen LogP contribution in [0.3, 0.4) is 0 Å². The quantitative estimate of drug-likeness (QED) is 0.687. The van der Waals surface area contributed by atoms with Gasteiger partial charge in [-0.3, -0.25) is 9.69 Å². The fourth-order valence-corrected chi connectivity index (χ4v) is 1.62. The number of hydrogen-bond acceptors (Lipinski definition) is 2. The fourth-order valence-electron chi connectivity index (χ4n) is 1.62. The van der Waals surface area contributed by atoms with Gasteiger partial charge in [-0.25, -0.2) is 8.78 Å². The Morgan fingerprint density at radius 2 is 2.13 bits per heavy atom. The van der Waals surface area contributed by atoms with Gasteiger partial charge in [-0.05, 0) is 6.92 Å². The van der Waals surface area contributed by atoms with Crippen molar-refractivity contribution < 1.29 is 22.4 Å². The molecule has 1 saturated heterocycles. The van der Waals surface area contributed by atoms with E-state index in [1.807, 2.05) is 0 Å². The second-order valence-corrected chi connectivity index (χ2v) is 3.87. The lowest BCUT2D eigenvalue weighted by molar-refractivity contribution is -0.150. The van der Waals surface area contributed by atoms with Crippen LogP contribution in [-0.2, 0) is 4.79 Å². The van der Waals surface area contributed by atoms with Crippen molar-refractivity contribution in [1.29, 1.82) is 0 Å². The lowest BCUT2D eigenvalue weighted by Crippen LogP contribution is -2.49. The third-order valence-corrected chi connectivity index (χ3v) is 2.56. The maximum Gasteiger partial charge on any atom is 0.319 e. The highest BCUT2D eigenvalue weighted by Crippen LogP contribution is 2.26. The number of rotatable bonds is 3. The van der Waals surface area contributed by atoms with E-state index in [0.717, 1.165) is 0 Å². The van der Waals surface area contributed by atoms with Crippen molar-refractivity contribution in [3.05, 3.63) is 0 Å². The molecule has 0 N–H and O–H groups in total. The van der Waals surface area contributed by atoms with Crippen LogP contribution in [0.4, 0.5) is 17.6 Å². The Labute approximate surface area is 85.2 Å². The van der Waals surface area contributed by atoms with Gasteiger partial charge in [0.25, 0.3) is 0 Å². The first kappa shape index (κ1) is 12.4. The van der Waals surface area contributed by atoms with Crippen LogP contribution in [0.5, 0.6) is 0 Å². The van der Waals surface area contributed by atoms with E-state index in [1.54, 1.807) is 6.92 Å². The fraction of sp³-hybridized carbons (Fsp3) is 0.889. The third kappa shape index (κ3) is 3.15. The van der Waals surface area contributed by atoms with Crippen LogP contribution in [0.15, 0.2) is 0 Å². The van der Waals surface area contributed by atoms with Gasteiger partial charge in [0.1, 0.15) is 5.78 Å². The monoisotopic (exact) mass is 227 g/mol. The lowest BCUT2D eigenvalue weighted by atomic mass is 10.0. The van der Waals surface area contributed by atoms with Crippen LogP contribution in [0.1, 0.15) is 19.8 Å². The van der Waals surface area contributed by atoms with E-state index in [-0.39, 0.29) is 31.2 Å². The maximum atomic E-state index is 12.7. The molecule has 0 radical (unpaired) electrons. The zero-order valence-corrected chi connectivity index (χ0v) is 8.35. The molecule has 1 heterocycles. The second-order valence-electron chi connectivity index (χ2n) is 3.87. The summed E-state index contributed by atoms with van der Waals surface area (Å²) >= 11 is 0. The number of ketones is 1. The number of nitrogens with zero attached hydrogens (tertiary/aromatic N) is 1. The average Bonchev–Trinajstić information content (AvgIpc) is 2.09. The number of Topliss-reactive ketones (excluding diaryl/α,β-unsaturated/α-hetero) is 1. The molecule has 0 bridgehead atoms. The van der Waals surface area contributed by atoms with Gasteiger partial charge in [0.2, 0.25) is 0 Å². The van der Waals surface area contributed by atoms with Gasteiger partial charge in [0.05, 0.1) is 6.54 Å². The molecule has 0 aromatic carbocycles. The molecule has 6 heteroatoms. The van der Waals surface area contributed by atoms with Crippen molar-refractivity contribution in [2.45, 2.75) is 38.2 Å². The van der Waals surface area contributed by atoms with Gasteiger partial charge in [-0.15, -0.1) is 0 Å². The van der Waals surface area contributed by atoms with E-state index in [4.69, 9.17) is 0 Å². The first-order chi connectivity index (χ1) is 6.83. The van der Waals surface area contributed by atoms with Gasteiger partial charge in [0, 0.05) is 25.4 Å². The summed E-state index contributed by atoms with van der Waals surface area (Å²) < 4.78 is 49.3. The number of hydrogen-bond donors (Lipinski definition) is 0. The Bertz CT molecular complexity index is 244. The van der Waals surface area contributed by atoms with Crippen molar-refractivity contribution in [1.82, 2.24) is 4.90 Å². The Morgan fingerprint density at radius 3 is 2.60 bits per heavy atom. The summed E-state index contributed by atoms with van der Waals surface area (Å²) in [6.45, 7) is 0.764. The summed E-state index contributed by atoms with van der Waals surface area (Å²) in [6, 6.07) is -0.379. The molecule has 0 aromatic heterocycles. The van der Waals surface area contributed by atoms with Crippen molar-refractivity contribution in [2.75, 3.05) is 13.1 Å². The normalized spacial score (nSPS) is 24.9. The Hall–Kier alpha value is -0.650. The molecule has 15 heavy (non-hydrogen) atoms. The summed E-state index contributed by atoms with van der Waals surface area (Å²) in [6.07, 6.45) is -3.31. The maximum absolute atomic E-state index is 12.7. The first-order valence-corrected chi connectivity index (χ1v) is 4.74. The minimum atomic E-state index is -3.99. The largest absolute Gasteiger partial charge is 0.319 e. The van der Waals surface area contributed by atoms with Crippen LogP contribution in [0.2, 0.25) is 0 Å². The zero-order valence-electron chi connectivity index (χ0n) is 8.35. The van der Waals surface area contributed by atoms with Crippen molar-refractivity contribution in [2.24, 2.45) is 0 Å². The van der Waals surface area contributed by atoms with Gasteiger partial charge in [-0.1, -0.05) is 0 Å². The first-order valence-electron chi connectivity index (χ1n) is 4.74. The molecule has 1 aliphatic rings. The molecule has 0 aromatic rings. The average molecular weight is 227 g/mol. The van der Waals surface area contributed by atoms with Gasteiger partial charge in [-0.2, -0.15) is 8.78 Å². The topological polar surface area (TPSA) is 20.3 Å². The van der Waals surface area contributed by atoms with E-state index in [0.29, 0.717) is 0 Å². The number of piperidine rings is 1. The van der Waals surface area contributed by atoms with Gasteiger partial charge < -0.3 is 0 Å². The molecule has 1 unspecified atom stereocenters. The molecular formula is C9H13F4NO. The molecule has 0 aliphatic carbocycles. The Morgan fingerprint density at radius 1 is 1.53 bits per heavy atom. The van der Waals surface area contributed by atoms with Gasteiger partial charge >= 0.3 is 12.3 Å². The molecule has 1 rings (SSSR count). The molecule has 2 nitrogen and oxygen atoms in total. The van der Waals surface area contributed by atoms with E-state index >= 15 is 0 Å². The highest BCUT2D eigenvalue weighted by Gasteiger charge is 2.43. The minimum absolute atomic E-state index is 0.000821. The highest BCUT2D eigenvalue weighted by molar-refractivity contribution is 5.79. The van der Waals surface area contributed by atoms with Crippen LogP contribution in [-0.4, -0.2) is 42.2 Å². The van der Waals surface area contributed by atoms with E-state index in [1.165, 1.54) is 4.90 Å². The van der Waals surface area contributed by atoms with E-state index in [2.05, 4.69) is 0 Å². The Balaban J connectivity index is 2.55. The Kier molecular flexibility index (Phi) is 3.70. The third-order valence-electron chi connectivity index (χ3n) is 2.56. The SMILES string of the molecule is CC1CC(=O)CCN1CC(F)(F)C(F)F. The molecule has 0 spiro atoms. The van der Waals surface area contributed by atoms with Crippen LogP contribution >= 0.6 is 0 Å². The minimum Gasteiger partial charge on any atom is -0.300 e. The number of carbonyl (C=O) groups is 1. The predicted octanol–water partition coefficient (Wildman–Crippen LogP) is 1.94. The molecule has 1 fully saturated rings. The molecule has 0 saturated carbocycles. The van der Waals surface area contributed by atoms with Crippen LogP contribution in [0.25, 0.3) is 0 Å². The van der Waals surface area contributed by atoms with Gasteiger partial charge in [0.15, 0.2) is 0 Å². The lowest BCUT2D eigenvalue weighted by Gasteiger charge is -2.34. The molecular weight excluding hydrogens is 214 g/mol. The zero-order chi connectivity index (χ0) is 11.6. The molecule has 88 valence electrons. The summed E-state index contributed by atoms with van der Waals surface area (Å²) in [5, 5.41) is 0. The number of carbonyl (C=O) groups excluding carboxylic acids is 1. The van der Waals surface area contributed by atoms with Crippen molar-refractivity contribution in [3.8, 4) is 0 Å². The summed E-state index contributed by atoms with van der Waals surface area (Å²) in [7, 11) is 0. The van der Waals surface area contributed by atoms with Crippen molar-refractivity contribution >= 4 is 5.78 Å². The highest BCUT2D eigenvalue weighted by atomic mass is 19.3. The summed E-state index contributed by atoms with van der Waals surface area (Å²) in [5.41, 5.74) is 0. The molecule has 1 atom stereocenters. The smallest absolute Gasteiger partial charge is 0.300 e. The van der Waals surface area contributed by atoms with E-state index < -0.39 is 18.9 Å². The van der Waals surface area contributed by atoms with Crippen LogP contribution in [0, 0.1) is 0 Å². The molecule has 0 amide bonds. The second kappa shape index (κ2) is 4.47. The predicted molar refractivity (Wildman–Crippen MR) is 46.2 cm³/mol. The standard InChI is InChI=1S/C9H13F4NO/c1-6-4-7(15)2-3-14(6)5-9(12,13)8(10)11/h6,8H,2-5H2,1H3.